The zero-order chi connectivity index (χ0) is 25.1. The Morgan fingerprint density at radius 1 is 1.06 bits per heavy atom. The highest BCUT2D eigenvalue weighted by Crippen LogP contribution is 2.30. The van der Waals surface area contributed by atoms with Crippen molar-refractivity contribution < 1.29 is 31.2 Å². The van der Waals surface area contributed by atoms with Crippen molar-refractivity contribution in [3.8, 4) is 0 Å². The number of anilines is 1. The molecule has 1 fully saturated rings. The predicted molar refractivity (Wildman–Crippen MR) is 120 cm³/mol. The monoisotopic (exact) mass is 497 g/mol. The first-order valence-corrected chi connectivity index (χ1v) is 12.2. The normalized spacial score (nSPS) is 16.6. The summed E-state index contributed by atoms with van der Waals surface area (Å²) >= 11 is 0. The molecule has 2 aromatic rings. The van der Waals surface area contributed by atoms with Gasteiger partial charge in [-0.1, -0.05) is 23.8 Å². The van der Waals surface area contributed by atoms with Gasteiger partial charge < -0.3 is 10.6 Å². The van der Waals surface area contributed by atoms with Gasteiger partial charge in [-0.3, -0.25) is 9.59 Å². The molecule has 0 aliphatic carbocycles. The lowest BCUT2D eigenvalue weighted by Gasteiger charge is -2.31. The average molecular weight is 498 g/mol. The lowest BCUT2D eigenvalue weighted by atomic mass is 9.97. The molecule has 0 bridgehead atoms. The number of rotatable bonds is 6. The van der Waals surface area contributed by atoms with E-state index in [1.54, 1.807) is 24.3 Å². The number of carbonyl (C=O) groups excluding carboxylic acids is 2. The van der Waals surface area contributed by atoms with Gasteiger partial charge in [0, 0.05) is 24.7 Å². The number of benzene rings is 2. The molecule has 1 saturated heterocycles. The molecular formula is C23H26F3N3O4S. The van der Waals surface area contributed by atoms with Gasteiger partial charge in [-0.15, -0.1) is 0 Å². The third-order valence-electron chi connectivity index (χ3n) is 5.69. The number of hydrogen-bond donors (Lipinski definition) is 2. The second kappa shape index (κ2) is 10.1. The van der Waals surface area contributed by atoms with E-state index in [0.717, 1.165) is 17.7 Å². The SMILES string of the molecule is Cc1ccc(S(=O)(=O)N2CCC(C(=O)NC(C)C(=O)Nc3cccc(C(F)(F)F)c3)CC2)cc1. The number of amides is 2. The molecule has 184 valence electrons. The summed E-state index contributed by atoms with van der Waals surface area (Å²) in [6.07, 6.45) is -3.96. The molecule has 0 radical (unpaired) electrons. The van der Waals surface area contributed by atoms with Crippen molar-refractivity contribution in [1.29, 1.82) is 0 Å². The van der Waals surface area contributed by atoms with Gasteiger partial charge in [0.25, 0.3) is 0 Å². The Balaban J connectivity index is 1.53. The van der Waals surface area contributed by atoms with Crippen LogP contribution in [0, 0.1) is 12.8 Å². The number of alkyl halides is 3. The maximum atomic E-state index is 12.8. The largest absolute Gasteiger partial charge is 0.416 e. The molecule has 0 aromatic heterocycles. The van der Waals surface area contributed by atoms with E-state index in [9.17, 15) is 31.2 Å². The number of sulfonamides is 1. The summed E-state index contributed by atoms with van der Waals surface area (Å²) in [7, 11) is -3.66. The van der Waals surface area contributed by atoms with E-state index in [-0.39, 0.29) is 23.7 Å². The Bertz CT molecular complexity index is 1140. The van der Waals surface area contributed by atoms with Gasteiger partial charge in [-0.25, -0.2) is 8.42 Å². The molecule has 0 spiro atoms. The van der Waals surface area contributed by atoms with Crippen LogP contribution in [0.2, 0.25) is 0 Å². The van der Waals surface area contributed by atoms with Crippen molar-refractivity contribution in [3.63, 3.8) is 0 Å². The second-order valence-electron chi connectivity index (χ2n) is 8.29. The van der Waals surface area contributed by atoms with Crippen LogP contribution in [0.15, 0.2) is 53.4 Å². The summed E-state index contributed by atoms with van der Waals surface area (Å²) in [4.78, 5) is 25.2. The van der Waals surface area contributed by atoms with Gasteiger partial charge in [-0.2, -0.15) is 17.5 Å². The average Bonchev–Trinajstić information content (AvgIpc) is 2.79. The van der Waals surface area contributed by atoms with Crippen LogP contribution in [0.3, 0.4) is 0 Å². The van der Waals surface area contributed by atoms with Crippen molar-refractivity contribution in [2.24, 2.45) is 5.92 Å². The van der Waals surface area contributed by atoms with Gasteiger partial charge >= 0.3 is 6.18 Å². The number of halogens is 3. The molecular weight excluding hydrogens is 471 g/mol. The van der Waals surface area contributed by atoms with E-state index in [0.29, 0.717) is 12.8 Å². The quantitative estimate of drug-likeness (QED) is 0.638. The first kappa shape index (κ1) is 25.7. The molecule has 1 aliphatic rings. The Morgan fingerprint density at radius 2 is 1.68 bits per heavy atom. The summed E-state index contributed by atoms with van der Waals surface area (Å²) in [5.74, 6) is -1.54. The lowest BCUT2D eigenvalue weighted by molar-refractivity contribution is -0.137. The molecule has 1 atom stereocenters. The van der Waals surface area contributed by atoms with Crippen LogP contribution in [0.4, 0.5) is 18.9 Å². The topological polar surface area (TPSA) is 95.6 Å². The molecule has 0 saturated carbocycles. The minimum Gasteiger partial charge on any atom is -0.344 e. The van der Waals surface area contributed by atoms with Crippen molar-refractivity contribution >= 4 is 27.5 Å². The summed E-state index contributed by atoms with van der Waals surface area (Å²) in [5, 5.41) is 4.94. The molecule has 2 N–H and O–H groups in total. The Labute approximate surface area is 196 Å². The van der Waals surface area contributed by atoms with Gasteiger partial charge in [0.05, 0.1) is 10.5 Å². The fourth-order valence-corrected chi connectivity index (χ4v) is 5.11. The fraction of sp³-hybridized carbons (Fsp3) is 0.391. The van der Waals surface area contributed by atoms with Crippen molar-refractivity contribution in [2.45, 2.75) is 43.8 Å². The number of nitrogens with zero attached hydrogens (tertiary/aromatic N) is 1. The van der Waals surface area contributed by atoms with Gasteiger partial charge in [0.2, 0.25) is 21.8 Å². The van der Waals surface area contributed by atoms with Crippen LogP contribution in [-0.4, -0.2) is 43.7 Å². The zero-order valence-electron chi connectivity index (χ0n) is 18.7. The van der Waals surface area contributed by atoms with E-state index in [1.807, 2.05) is 6.92 Å². The Hall–Kier alpha value is -2.92. The Kier molecular flexibility index (Phi) is 7.67. The smallest absolute Gasteiger partial charge is 0.344 e. The first-order chi connectivity index (χ1) is 15.9. The highest BCUT2D eigenvalue weighted by molar-refractivity contribution is 7.89. The van der Waals surface area contributed by atoms with Crippen LogP contribution in [0.25, 0.3) is 0 Å². The Morgan fingerprint density at radius 3 is 2.26 bits per heavy atom. The zero-order valence-corrected chi connectivity index (χ0v) is 19.5. The number of carbonyl (C=O) groups is 2. The maximum absolute atomic E-state index is 12.8. The van der Waals surface area contributed by atoms with Crippen LogP contribution >= 0.6 is 0 Å². The number of nitrogens with one attached hydrogen (secondary N) is 2. The first-order valence-electron chi connectivity index (χ1n) is 10.7. The summed E-state index contributed by atoms with van der Waals surface area (Å²) in [5.41, 5.74) is 0.0189. The molecule has 7 nitrogen and oxygen atoms in total. The highest BCUT2D eigenvalue weighted by Gasteiger charge is 2.33. The standard InChI is InChI=1S/C23H26F3N3O4S/c1-15-6-8-20(9-7-15)34(32,33)29-12-10-17(11-13-29)22(31)27-16(2)21(30)28-19-5-3-4-18(14-19)23(24,25)26/h3-9,14,16-17H,10-13H2,1-2H3,(H,27,31)(H,28,30). The minimum atomic E-state index is -4.54. The molecule has 2 aromatic carbocycles. The minimum absolute atomic E-state index is 0.0319. The van der Waals surface area contributed by atoms with Gasteiger partial charge in [0.1, 0.15) is 6.04 Å². The summed E-state index contributed by atoms with van der Waals surface area (Å²) in [6, 6.07) is 9.77. The van der Waals surface area contributed by atoms with E-state index >= 15 is 0 Å². The fourth-order valence-electron chi connectivity index (χ4n) is 3.64. The molecule has 34 heavy (non-hydrogen) atoms. The second-order valence-corrected chi connectivity index (χ2v) is 10.2. The van der Waals surface area contributed by atoms with E-state index in [1.165, 1.54) is 23.4 Å². The van der Waals surface area contributed by atoms with Crippen molar-refractivity contribution in [2.75, 3.05) is 18.4 Å². The molecule has 3 rings (SSSR count). The van der Waals surface area contributed by atoms with Crippen LogP contribution in [0.5, 0.6) is 0 Å². The third-order valence-corrected chi connectivity index (χ3v) is 7.61. The van der Waals surface area contributed by atoms with Crippen molar-refractivity contribution in [3.05, 3.63) is 59.7 Å². The molecule has 1 heterocycles. The molecule has 11 heteroatoms. The molecule has 2 amide bonds. The number of aryl methyl sites for hydroxylation is 1. The summed E-state index contributed by atoms with van der Waals surface area (Å²) < 4.78 is 65.5. The third kappa shape index (κ3) is 6.15. The molecule has 1 unspecified atom stereocenters. The van der Waals surface area contributed by atoms with E-state index < -0.39 is 45.5 Å². The molecule has 1 aliphatic heterocycles. The summed E-state index contributed by atoms with van der Waals surface area (Å²) in [6.45, 7) is 3.62. The van der Waals surface area contributed by atoms with E-state index in [4.69, 9.17) is 0 Å². The lowest BCUT2D eigenvalue weighted by Crippen LogP contribution is -2.47. The maximum Gasteiger partial charge on any atom is 0.416 e. The van der Waals surface area contributed by atoms with Crippen LogP contribution in [0.1, 0.15) is 30.9 Å². The highest BCUT2D eigenvalue weighted by atomic mass is 32.2. The van der Waals surface area contributed by atoms with E-state index in [2.05, 4.69) is 10.6 Å². The van der Waals surface area contributed by atoms with Crippen LogP contribution < -0.4 is 10.6 Å². The van der Waals surface area contributed by atoms with Crippen molar-refractivity contribution in [1.82, 2.24) is 9.62 Å². The number of hydrogen-bond acceptors (Lipinski definition) is 4. The predicted octanol–water partition coefficient (Wildman–Crippen LogP) is 3.56. The van der Waals surface area contributed by atoms with Gasteiger partial charge in [-0.05, 0) is 57.0 Å². The van der Waals surface area contributed by atoms with Gasteiger partial charge in [0.15, 0.2) is 0 Å². The van der Waals surface area contributed by atoms with Crippen LogP contribution in [-0.2, 0) is 25.8 Å². The number of piperidine rings is 1.